The van der Waals surface area contributed by atoms with Crippen molar-refractivity contribution in [3.63, 3.8) is 0 Å². The molecule has 0 aliphatic rings. The number of unbranched alkanes of at least 4 members (excludes halogenated alkanes) is 3. The van der Waals surface area contributed by atoms with Crippen molar-refractivity contribution in [1.82, 2.24) is 4.98 Å². The molecule has 2 nitrogen and oxygen atoms in total. The first-order chi connectivity index (χ1) is 12.7. The number of fused-ring (bicyclic) bond motifs is 2. The van der Waals surface area contributed by atoms with Gasteiger partial charge in [-0.25, -0.2) is 4.98 Å². The molecule has 0 N–H and O–H groups in total. The maximum atomic E-state index is 6.01. The summed E-state index contributed by atoms with van der Waals surface area (Å²) in [5, 5.41) is 2.46. The average Bonchev–Trinajstić information content (AvgIpc) is 3.08. The number of aromatic nitrogens is 1. The van der Waals surface area contributed by atoms with E-state index in [1.807, 2.05) is 0 Å². The average molecular weight is 343 g/mol. The fraction of sp³-hybridized carbons (Fsp3) is 0.292. The topological polar surface area (TPSA) is 26.0 Å². The number of hydrogen-bond donors (Lipinski definition) is 0. The summed E-state index contributed by atoms with van der Waals surface area (Å²) in [7, 11) is 0. The zero-order chi connectivity index (χ0) is 17.9. The number of oxazole rings is 1. The van der Waals surface area contributed by atoms with Crippen molar-refractivity contribution in [2.75, 3.05) is 0 Å². The van der Waals surface area contributed by atoms with Crippen LogP contribution < -0.4 is 0 Å². The van der Waals surface area contributed by atoms with Crippen LogP contribution in [0.5, 0.6) is 0 Å². The highest BCUT2D eigenvalue weighted by Gasteiger charge is 2.09. The summed E-state index contributed by atoms with van der Waals surface area (Å²) >= 11 is 0. The molecule has 0 aliphatic carbocycles. The van der Waals surface area contributed by atoms with Crippen LogP contribution in [0, 0.1) is 6.92 Å². The van der Waals surface area contributed by atoms with Crippen LogP contribution in [0.3, 0.4) is 0 Å². The van der Waals surface area contributed by atoms with E-state index in [-0.39, 0.29) is 0 Å². The van der Waals surface area contributed by atoms with Gasteiger partial charge in [-0.05, 0) is 60.4 Å². The minimum absolute atomic E-state index is 0.700. The van der Waals surface area contributed by atoms with Crippen LogP contribution in [-0.4, -0.2) is 4.98 Å². The summed E-state index contributed by atoms with van der Waals surface area (Å²) in [6.45, 7) is 4.37. The number of nitrogens with zero attached hydrogens (tertiary/aromatic N) is 1. The second-order valence-corrected chi connectivity index (χ2v) is 7.20. The third-order valence-electron chi connectivity index (χ3n) is 5.01. The monoisotopic (exact) mass is 343 g/mol. The molecule has 0 amide bonds. The highest BCUT2D eigenvalue weighted by molar-refractivity contribution is 5.87. The van der Waals surface area contributed by atoms with E-state index < -0.39 is 0 Å². The van der Waals surface area contributed by atoms with Crippen LogP contribution >= 0.6 is 0 Å². The minimum Gasteiger partial charge on any atom is -0.436 e. The number of aryl methyl sites for hydroxylation is 2. The molecule has 1 aromatic heterocycles. The summed E-state index contributed by atoms with van der Waals surface area (Å²) in [5.41, 5.74) is 5.47. The zero-order valence-electron chi connectivity index (χ0n) is 15.6. The van der Waals surface area contributed by atoms with E-state index in [4.69, 9.17) is 9.40 Å². The summed E-state index contributed by atoms with van der Waals surface area (Å²) in [5.74, 6) is 0.700. The van der Waals surface area contributed by atoms with Crippen molar-refractivity contribution in [1.29, 1.82) is 0 Å². The van der Waals surface area contributed by atoms with E-state index in [0.717, 1.165) is 23.1 Å². The second kappa shape index (κ2) is 7.33. The van der Waals surface area contributed by atoms with Gasteiger partial charge in [-0.1, -0.05) is 62.1 Å². The van der Waals surface area contributed by atoms with Gasteiger partial charge in [0, 0.05) is 5.56 Å². The van der Waals surface area contributed by atoms with E-state index in [1.54, 1.807) is 0 Å². The number of benzene rings is 3. The maximum Gasteiger partial charge on any atom is 0.227 e. The molecule has 4 rings (SSSR count). The Balaban J connectivity index is 1.61. The molecule has 4 aromatic rings. The maximum absolute atomic E-state index is 6.01. The van der Waals surface area contributed by atoms with E-state index in [0.29, 0.717) is 5.89 Å². The van der Waals surface area contributed by atoms with Crippen molar-refractivity contribution < 1.29 is 4.42 Å². The third kappa shape index (κ3) is 3.50. The van der Waals surface area contributed by atoms with Crippen molar-refractivity contribution in [2.24, 2.45) is 0 Å². The summed E-state index contributed by atoms with van der Waals surface area (Å²) in [4.78, 5) is 4.75. The lowest BCUT2D eigenvalue weighted by Crippen LogP contribution is -1.85. The lowest BCUT2D eigenvalue weighted by Gasteiger charge is -2.01. The van der Waals surface area contributed by atoms with Crippen LogP contribution in [0.1, 0.15) is 43.7 Å². The Hall–Kier alpha value is -2.61. The molecular weight excluding hydrogens is 318 g/mol. The zero-order valence-corrected chi connectivity index (χ0v) is 15.6. The van der Waals surface area contributed by atoms with Gasteiger partial charge in [0.15, 0.2) is 5.58 Å². The molecule has 1 heterocycles. The molecule has 0 saturated carbocycles. The van der Waals surface area contributed by atoms with Gasteiger partial charge < -0.3 is 4.42 Å². The highest BCUT2D eigenvalue weighted by Crippen LogP contribution is 2.28. The third-order valence-corrected chi connectivity index (χ3v) is 5.01. The van der Waals surface area contributed by atoms with Gasteiger partial charge in [-0.15, -0.1) is 0 Å². The molecule has 0 radical (unpaired) electrons. The van der Waals surface area contributed by atoms with E-state index >= 15 is 0 Å². The molecule has 0 aliphatic heterocycles. The quantitative estimate of drug-likeness (QED) is 0.350. The Morgan fingerprint density at radius 3 is 2.58 bits per heavy atom. The van der Waals surface area contributed by atoms with Gasteiger partial charge in [0.05, 0.1) is 0 Å². The van der Waals surface area contributed by atoms with Crippen LogP contribution in [0.15, 0.2) is 59.0 Å². The Kier molecular flexibility index (Phi) is 4.75. The smallest absolute Gasteiger partial charge is 0.227 e. The van der Waals surface area contributed by atoms with Gasteiger partial charge in [0.2, 0.25) is 5.89 Å². The van der Waals surface area contributed by atoms with Gasteiger partial charge >= 0.3 is 0 Å². The first-order valence-corrected chi connectivity index (χ1v) is 9.63. The molecule has 0 unspecified atom stereocenters. The van der Waals surface area contributed by atoms with Crippen molar-refractivity contribution >= 4 is 21.9 Å². The van der Waals surface area contributed by atoms with Crippen molar-refractivity contribution in [2.45, 2.75) is 46.0 Å². The van der Waals surface area contributed by atoms with Gasteiger partial charge in [0.25, 0.3) is 0 Å². The molecule has 3 aromatic carbocycles. The predicted octanol–water partition coefficient (Wildman–Crippen LogP) is 7.08. The molecular formula is C24H25NO. The fourth-order valence-corrected chi connectivity index (χ4v) is 3.51. The summed E-state index contributed by atoms with van der Waals surface area (Å²) in [6.07, 6.45) is 6.26. The van der Waals surface area contributed by atoms with Gasteiger partial charge in [0.1, 0.15) is 5.52 Å². The lowest BCUT2D eigenvalue weighted by atomic mass is 10.0. The van der Waals surface area contributed by atoms with E-state index in [9.17, 15) is 0 Å². The molecule has 0 atom stereocenters. The summed E-state index contributed by atoms with van der Waals surface area (Å²) in [6, 6.07) is 19.3. The van der Waals surface area contributed by atoms with E-state index in [1.165, 1.54) is 47.6 Å². The Morgan fingerprint density at radius 1 is 0.846 bits per heavy atom. The number of rotatable bonds is 6. The van der Waals surface area contributed by atoms with Crippen LogP contribution in [-0.2, 0) is 6.42 Å². The molecule has 132 valence electrons. The SMILES string of the molecule is CCCCCCc1ccc2oc(-c3ccc4cc(C)ccc4c3)nc2c1. The largest absolute Gasteiger partial charge is 0.436 e. The lowest BCUT2D eigenvalue weighted by molar-refractivity contribution is 0.619. The van der Waals surface area contributed by atoms with Crippen molar-refractivity contribution in [3.05, 3.63) is 65.7 Å². The second-order valence-electron chi connectivity index (χ2n) is 7.20. The first-order valence-electron chi connectivity index (χ1n) is 9.63. The molecule has 0 saturated heterocycles. The standard InChI is InChI=1S/C24H25NO/c1-3-4-5-6-7-18-9-13-23-22(15-18)25-24(26-23)21-12-11-19-14-17(2)8-10-20(19)16-21/h8-16H,3-7H2,1-2H3. The minimum atomic E-state index is 0.700. The molecule has 0 bridgehead atoms. The predicted molar refractivity (Wildman–Crippen MR) is 110 cm³/mol. The number of hydrogen-bond acceptors (Lipinski definition) is 2. The Labute approximate surface area is 154 Å². The Bertz CT molecular complexity index is 1040. The van der Waals surface area contributed by atoms with Crippen LogP contribution in [0.25, 0.3) is 33.3 Å². The first kappa shape index (κ1) is 16.8. The van der Waals surface area contributed by atoms with Crippen LogP contribution in [0.2, 0.25) is 0 Å². The molecule has 0 fully saturated rings. The summed E-state index contributed by atoms with van der Waals surface area (Å²) < 4.78 is 6.01. The van der Waals surface area contributed by atoms with Gasteiger partial charge in [-0.3, -0.25) is 0 Å². The molecule has 2 heteroatoms. The highest BCUT2D eigenvalue weighted by atomic mass is 16.3. The van der Waals surface area contributed by atoms with Crippen molar-refractivity contribution in [3.8, 4) is 11.5 Å². The molecule has 26 heavy (non-hydrogen) atoms. The van der Waals surface area contributed by atoms with E-state index in [2.05, 4.69) is 68.4 Å². The molecule has 0 spiro atoms. The fourth-order valence-electron chi connectivity index (χ4n) is 3.51. The normalized spacial score (nSPS) is 11.5. The Morgan fingerprint density at radius 2 is 1.69 bits per heavy atom. The van der Waals surface area contributed by atoms with Gasteiger partial charge in [-0.2, -0.15) is 0 Å². The van der Waals surface area contributed by atoms with Crippen LogP contribution in [0.4, 0.5) is 0 Å².